The fourth-order valence-electron chi connectivity index (χ4n) is 1.79. The van der Waals surface area contributed by atoms with E-state index in [-0.39, 0.29) is 10.6 Å². The summed E-state index contributed by atoms with van der Waals surface area (Å²) >= 11 is 1.04. The van der Waals surface area contributed by atoms with Crippen LogP contribution >= 0.6 is 11.3 Å². The van der Waals surface area contributed by atoms with Crippen molar-refractivity contribution in [3.05, 3.63) is 50.2 Å². The van der Waals surface area contributed by atoms with E-state index in [0.717, 1.165) is 17.6 Å². The van der Waals surface area contributed by atoms with E-state index >= 15 is 0 Å². The minimum absolute atomic E-state index is 0.0900. The van der Waals surface area contributed by atoms with Gasteiger partial charge in [-0.2, -0.15) is 0 Å². The topological polar surface area (TPSA) is 118 Å². The largest absolute Gasteiger partial charge is 0.321 e. The molecule has 2 aromatic rings. The maximum Gasteiger partial charge on any atom is 0.283 e. The Kier molecular flexibility index (Phi) is 4.66. The van der Waals surface area contributed by atoms with Gasteiger partial charge in [-0.3, -0.25) is 19.6 Å². The van der Waals surface area contributed by atoms with Crippen molar-refractivity contribution in [2.24, 2.45) is 0 Å². The standard InChI is InChI=1S/C13H13N3O5S2/c1-8-11(16(18)19)7-12(22-8)13(17)14-9-3-5-10(6-4-9)15-23(2,20)21/h3-7,15H,1-2H3,(H,14,17). The van der Waals surface area contributed by atoms with Gasteiger partial charge in [0.15, 0.2) is 0 Å². The summed E-state index contributed by atoms with van der Waals surface area (Å²) in [4.78, 5) is 23.0. The molecule has 10 heteroatoms. The van der Waals surface area contributed by atoms with Crippen molar-refractivity contribution in [3.8, 4) is 0 Å². The van der Waals surface area contributed by atoms with Crippen LogP contribution in [0.3, 0.4) is 0 Å². The number of nitrogens with one attached hydrogen (secondary N) is 2. The Morgan fingerprint density at radius 3 is 2.26 bits per heavy atom. The number of hydrogen-bond donors (Lipinski definition) is 2. The van der Waals surface area contributed by atoms with Gasteiger partial charge < -0.3 is 5.32 Å². The predicted octanol–water partition coefficient (Wildman–Crippen LogP) is 2.59. The first kappa shape index (κ1) is 16.9. The molecule has 2 rings (SSSR count). The van der Waals surface area contributed by atoms with Crippen molar-refractivity contribution in [1.29, 1.82) is 0 Å². The number of thiophene rings is 1. The average Bonchev–Trinajstić information content (AvgIpc) is 2.82. The SMILES string of the molecule is Cc1sc(C(=O)Nc2ccc(NS(C)(=O)=O)cc2)cc1[N+](=O)[O-]. The van der Waals surface area contributed by atoms with Crippen LogP contribution in [0.1, 0.15) is 14.5 Å². The number of anilines is 2. The van der Waals surface area contributed by atoms with Gasteiger partial charge in [-0.05, 0) is 31.2 Å². The van der Waals surface area contributed by atoms with E-state index in [1.54, 1.807) is 6.92 Å². The van der Waals surface area contributed by atoms with Crippen LogP contribution < -0.4 is 10.0 Å². The van der Waals surface area contributed by atoms with Gasteiger partial charge >= 0.3 is 0 Å². The van der Waals surface area contributed by atoms with Gasteiger partial charge in [-0.15, -0.1) is 11.3 Å². The minimum Gasteiger partial charge on any atom is -0.321 e. The van der Waals surface area contributed by atoms with E-state index in [1.807, 2.05) is 0 Å². The van der Waals surface area contributed by atoms with Gasteiger partial charge in [0.2, 0.25) is 10.0 Å². The number of benzene rings is 1. The van der Waals surface area contributed by atoms with E-state index in [1.165, 1.54) is 30.3 Å². The van der Waals surface area contributed by atoms with Gasteiger partial charge in [-0.1, -0.05) is 0 Å². The molecule has 0 fully saturated rings. The van der Waals surface area contributed by atoms with Crippen molar-refractivity contribution in [3.63, 3.8) is 0 Å². The molecule has 122 valence electrons. The lowest BCUT2D eigenvalue weighted by Crippen LogP contribution is -2.11. The Bertz CT molecular complexity index is 856. The first-order valence-corrected chi connectivity index (χ1v) is 9.00. The molecule has 8 nitrogen and oxygen atoms in total. The quantitative estimate of drug-likeness (QED) is 0.631. The van der Waals surface area contributed by atoms with Crippen molar-refractivity contribution < 1.29 is 18.1 Å². The first-order chi connectivity index (χ1) is 10.7. The third-order valence-corrected chi connectivity index (χ3v) is 4.40. The number of sulfonamides is 1. The van der Waals surface area contributed by atoms with E-state index in [2.05, 4.69) is 10.0 Å². The number of hydrogen-bond acceptors (Lipinski definition) is 6. The molecule has 1 aromatic carbocycles. The third kappa shape index (κ3) is 4.50. The molecule has 0 saturated heterocycles. The highest BCUT2D eigenvalue weighted by atomic mass is 32.2. The molecule has 0 atom stereocenters. The number of amides is 1. The van der Waals surface area contributed by atoms with Crippen LogP contribution in [0.2, 0.25) is 0 Å². The lowest BCUT2D eigenvalue weighted by Gasteiger charge is -2.06. The van der Waals surface area contributed by atoms with E-state index < -0.39 is 20.9 Å². The van der Waals surface area contributed by atoms with Crippen molar-refractivity contribution >= 4 is 44.3 Å². The zero-order valence-corrected chi connectivity index (χ0v) is 13.8. The number of nitrogens with zero attached hydrogens (tertiary/aromatic N) is 1. The molecule has 1 heterocycles. The second-order valence-corrected chi connectivity index (χ2v) is 7.72. The summed E-state index contributed by atoms with van der Waals surface area (Å²) < 4.78 is 24.5. The van der Waals surface area contributed by atoms with Crippen LogP contribution in [0.5, 0.6) is 0 Å². The molecule has 0 aliphatic rings. The smallest absolute Gasteiger partial charge is 0.283 e. The highest BCUT2D eigenvalue weighted by Gasteiger charge is 2.19. The summed E-state index contributed by atoms with van der Waals surface area (Å²) in [7, 11) is -3.37. The lowest BCUT2D eigenvalue weighted by molar-refractivity contribution is -0.385. The number of nitro groups is 1. The summed E-state index contributed by atoms with van der Waals surface area (Å²) in [5.74, 6) is -0.463. The average molecular weight is 355 g/mol. The Balaban J connectivity index is 2.11. The maximum atomic E-state index is 12.1. The van der Waals surface area contributed by atoms with Crippen molar-refractivity contribution in [1.82, 2.24) is 0 Å². The molecule has 0 spiro atoms. The molecule has 0 aliphatic heterocycles. The molecule has 0 saturated carbocycles. The lowest BCUT2D eigenvalue weighted by atomic mass is 10.3. The maximum absolute atomic E-state index is 12.1. The number of carbonyl (C=O) groups excluding carboxylic acids is 1. The molecule has 0 bridgehead atoms. The van der Waals surface area contributed by atoms with Crippen LogP contribution in [-0.4, -0.2) is 25.5 Å². The second-order valence-electron chi connectivity index (χ2n) is 4.71. The summed E-state index contributed by atoms with van der Waals surface area (Å²) in [5, 5.41) is 13.4. The molecule has 2 N–H and O–H groups in total. The minimum atomic E-state index is -3.37. The molecule has 0 aliphatic carbocycles. The molecule has 23 heavy (non-hydrogen) atoms. The predicted molar refractivity (Wildman–Crippen MR) is 88.6 cm³/mol. The van der Waals surface area contributed by atoms with E-state index in [4.69, 9.17) is 0 Å². The van der Waals surface area contributed by atoms with Gasteiger partial charge in [0, 0.05) is 17.4 Å². The fraction of sp³-hybridized carbons (Fsp3) is 0.154. The highest BCUT2D eigenvalue weighted by Crippen LogP contribution is 2.28. The summed E-state index contributed by atoms with van der Waals surface area (Å²) in [6, 6.07) is 7.28. The number of carbonyl (C=O) groups is 1. The monoisotopic (exact) mass is 355 g/mol. The molecule has 1 aromatic heterocycles. The van der Waals surface area contributed by atoms with Crippen molar-refractivity contribution in [2.75, 3.05) is 16.3 Å². The molecule has 0 unspecified atom stereocenters. The van der Waals surface area contributed by atoms with Crippen LogP contribution in [0.4, 0.5) is 17.1 Å². The molecular formula is C13H13N3O5S2. The second kappa shape index (κ2) is 6.34. The van der Waals surface area contributed by atoms with E-state index in [0.29, 0.717) is 16.3 Å². The van der Waals surface area contributed by atoms with Gasteiger partial charge in [0.25, 0.3) is 11.6 Å². The Labute approximate surface area is 136 Å². The molecule has 1 amide bonds. The third-order valence-electron chi connectivity index (χ3n) is 2.76. The van der Waals surface area contributed by atoms with Gasteiger partial charge in [-0.25, -0.2) is 8.42 Å². The Morgan fingerprint density at radius 1 is 1.22 bits per heavy atom. The number of aryl methyl sites for hydroxylation is 1. The van der Waals surface area contributed by atoms with Gasteiger partial charge in [0.05, 0.1) is 20.9 Å². The fourth-order valence-corrected chi connectivity index (χ4v) is 3.24. The Morgan fingerprint density at radius 2 is 1.78 bits per heavy atom. The van der Waals surface area contributed by atoms with Crippen molar-refractivity contribution in [2.45, 2.75) is 6.92 Å². The summed E-state index contributed by atoms with van der Waals surface area (Å²) in [5.41, 5.74) is 0.726. The normalized spacial score (nSPS) is 11.0. The molecular weight excluding hydrogens is 342 g/mol. The molecule has 0 radical (unpaired) electrons. The Hall–Kier alpha value is -2.46. The van der Waals surface area contributed by atoms with E-state index in [9.17, 15) is 23.3 Å². The summed E-state index contributed by atoms with van der Waals surface area (Å²) in [6.07, 6.45) is 1.04. The van der Waals surface area contributed by atoms with Crippen LogP contribution in [0.15, 0.2) is 30.3 Å². The van der Waals surface area contributed by atoms with Gasteiger partial charge in [0.1, 0.15) is 0 Å². The zero-order valence-electron chi connectivity index (χ0n) is 12.2. The first-order valence-electron chi connectivity index (χ1n) is 6.30. The van der Waals surface area contributed by atoms with Crippen LogP contribution in [0.25, 0.3) is 0 Å². The highest BCUT2D eigenvalue weighted by molar-refractivity contribution is 7.92. The number of rotatable bonds is 5. The van der Waals surface area contributed by atoms with Crippen LogP contribution in [-0.2, 0) is 10.0 Å². The zero-order chi connectivity index (χ0) is 17.2. The summed E-state index contributed by atoms with van der Waals surface area (Å²) in [6.45, 7) is 1.57. The van der Waals surface area contributed by atoms with Crippen LogP contribution in [0, 0.1) is 17.0 Å².